The second-order valence-electron chi connectivity index (χ2n) is 3.21. The number of rotatable bonds is 4. The van der Waals surface area contributed by atoms with E-state index in [4.69, 9.17) is 10.2 Å². The average Bonchev–Trinajstić information content (AvgIpc) is 1.86. The van der Waals surface area contributed by atoms with Gasteiger partial charge in [0.1, 0.15) is 6.10 Å². The van der Waals surface area contributed by atoms with Gasteiger partial charge in [-0.05, 0) is 20.3 Å². The summed E-state index contributed by atoms with van der Waals surface area (Å²) >= 11 is 0. The van der Waals surface area contributed by atoms with E-state index in [-0.39, 0.29) is 0 Å². The van der Waals surface area contributed by atoms with E-state index in [0.717, 1.165) is 0 Å². The lowest BCUT2D eigenvalue weighted by atomic mass is 9.88. The van der Waals surface area contributed by atoms with E-state index in [9.17, 15) is 10.2 Å². The summed E-state index contributed by atoms with van der Waals surface area (Å²) < 4.78 is 0. The summed E-state index contributed by atoms with van der Waals surface area (Å²) in [4.78, 5) is 0. The zero-order valence-corrected chi connectivity index (χ0v) is 7.73. The SMILES string of the molecule is CCC(C(C)O)C(O)(O)C(C)O. The zero-order chi connectivity index (χ0) is 9.94. The smallest absolute Gasteiger partial charge is 0.194 e. The highest BCUT2D eigenvalue weighted by molar-refractivity contribution is 4.82. The molecule has 0 amide bonds. The minimum atomic E-state index is -2.21. The van der Waals surface area contributed by atoms with E-state index in [1.807, 2.05) is 0 Å². The van der Waals surface area contributed by atoms with Crippen LogP contribution in [0.4, 0.5) is 0 Å². The van der Waals surface area contributed by atoms with Gasteiger partial charge in [-0.25, -0.2) is 0 Å². The second-order valence-corrected chi connectivity index (χ2v) is 3.21. The molecule has 0 aliphatic heterocycles. The standard InChI is InChI=1S/C8H18O4/c1-4-7(5(2)9)8(11,12)6(3)10/h5-7,9-12H,4H2,1-3H3. The lowest BCUT2D eigenvalue weighted by Gasteiger charge is -2.34. The number of aliphatic hydroxyl groups excluding tert-OH is 2. The maximum atomic E-state index is 9.37. The van der Waals surface area contributed by atoms with Crippen molar-refractivity contribution in [3.8, 4) is 0 Å². The predicted molar refractivity (Wildman–Crippen MR) is 44.3 cm³/mol. The molecule has 3 atom stereocenters. The highest BCUT2D eigenvalue weighted by Gasteiger charge is 2.40. The summed E-state index contributed by atoms with van der Waals surface area (Å²) in [5.74, 6) is -2.93. The van der Waals surface area contributed by atoms with Crippen molar-refractivity contribution in [1.82, 2.24) is 0 Å². The molecular weight excluding hydrogens is 160 g/mol. The Labute approximate surface area is 72.5 Å². The highest BCUT2D eigenvalue weighted by atomic mass is 16.5. The van der Waals surface area contributed by atoms with Gasteiger partial charge in [-0.2, -0.15) is 0 Å². The Bertz CT molecular complexity index is 131. The van der Waals surface area contributed by atoms with Crippen LogP contribution in [0.1, 0.15) is 27.2 Å². The van der Waals surface area contributed by atoms with Gasteiger partial charge in [0.15, 0.2) is 5.79 Å². The van der Waals surface area contributed by atoms with Gasteiger partial charge in [-0.1, -0.05) is 6.92 Å². The molecule has 0 bridgehead atoms. The van der Waals surface area contributed by atoms with Crippen molar-refractivity contribution in [2.24, 2.45) is 5.92 Å². The van der Waals surface area contributed by atoms with Gasteiger partial charge in [0.25, 0.3) is 0 Å². The molecule has 4 nitrogen and oxygen atoms in total. The van der Waals surface area contributed by atoms with E-state index in [1.165, 1.54) is 13.8 Å². The molecule has 4 N–H and O–H groups in total. The molecule has 0 heterocycles. The van der Waals surface area contributed by atoms with E-state index < -0.39 is 23.9 Å². The lowest BCUT2D eigenvalue weighted by molar-refractivity contribution is -0.267. The minimum Gasteiger partial charge on any atom is -0.393 e. The molecule has 0 aromatic carbocycles. The summed E-state index contributed by atoms with van der Waals surface area (Å²) in [6, 6.07) is 0. The fraction of sp³-hybridized carbons (Fsp3) is 1.00. The van der Waals surface area contributed by atoms with Crippen molar-refractivity contribution in [3.63, 3.8) is 0 Å². The van der Waals surface area contributed by atoms with Crippen LogP contribution in [0, 0.1) is 5.92 Å². The first-order chi connectivity index (χ1) is 5.34. The molecule has 0 aromatic heterocycles. The first-order valence-electron chi connectivity index (χ1n) is 4.14. The molecule has 0 aliphatic rings. The van der Waals surface area contributed by atoms with Crippen LogP contribution in [0.3, 0.4) is 0 Å². The third-order valence-electron chi connectivity index (χ3n) is 2.18. The molecule has 4 heteroatoms. The molecule has 0 fully saturated rings. The first kappa shape index (κ1) is 11.8. The van der Waals surface area contributed by atoms with Crippen LogP contribution in [-0.2, 0) is 0 Å². The van der Waals surface area contributed by atoms with Gasteiger partial charge in [0, 0.05) is 5.92 Å². The Kier molecular flexibility index (Phi) is 4.13. The Morgan fingerprint density at radius 3 is 1.67 bits per heavy atom. The fourth-order valence-corrected chi connectivity index (χ4v) is 1.31. The Hall–Kier alpha value is -0.160. The molecule has 0 radical (unpaired) electrons. The van der Waals surface area contributed by atoms with Crippen molar-refractivity contribution in [1.29, 1.82) is 0 Å². The zero-order valence-electron chi connectivity index (χ0n) is 7.73. The summed E-state index contributed by atoms with van der Waals surface area (Å²) in [5, 5.41) is 36.9. The molecule has 0 aromatic rings. The maximum absolute atomic E-state index is 9.37. The summed E-state index contributed by atoms with van der Waals surface area (Å²) in [6.07, 6.45) is -1.72. The van der Waals surface area contributed by atoms with Crippen LogP contribution in [0.2, 0.25) is 0 Å². The van der Waals surface area contributed by atoms with Crippen molar-refractivity contribution in [2.75, 3.05) is 0 Å². The van der Waals surface area contributed by atoms with Crippen molar-refractivity contribution in [3.05, 3.63) is 0 Å². The van der Waals surface area contributed by atoms with E-state index in [1.54, 1.807) is 6.92 Å². The third kappa shape index (κ3) is 2.42. The molecule has 74 valence electrons. The minimum absolute atomic E-state index is 0.398. The summed E-state index contributed by atoms with van der Waals surface area (Å²) in [7, 11) is 0. The topological polar surface area (TPSA) is 80.9 Å². The molecule has 0 aliphatic carbocycles. The van der Waals surface area contributed by atoms with Gasteiger partial charge < -0.3 is 20.4 Å². The second kappa shape index (κ2) is 4.18. The molecule has 0 saturated heterocycles. The summed E-state index contributed by atoms with van der Waals surface area (Å²) in [6.45, 7) is 4.48. The van der Waals surface area contributed by atoms with Gasteiger partial charge in [-0.3, -0.25) is 0 Å². The first-order valence-corrected chi connectivity index (χ1v) is 4.14. The summed E-state index contributed by atoms with van der Waals surface area (Å²) in [5.41, 5.74) is 0. The molecule has 3 unspecified atom stereocenters. The highest BCUT2D eigenvalue weighted by Crippen LogP contribution is 2.24. The van der Waals surface area contributed by atoms with Gasteiger partial charge in [-0.15, -0.1) is 0 Å². The number of hydrogen-bond acceptors (Lipinski definition) is 4. The van der Waals surface area contributed by atoms with Crippen molar-refractivity contribution >= 4 is 0 Å². The molecule has 0 spiro atoms. The van der Waals surface area contributed by atoms with Gasteiger partial charge >= 0.3 is 0 Å². The van der Waals surface area contributed by atoms with E-state index in [0.29, 0.717) is 6.42 Å². The van der Waals surface area contributed by atoms with Crippen LogP contribution in [0.5, 0.6) is 0 Å². The predicted octanol–water partition coefficient (Wildman–Crippen LogP) is -0.545. The third-order valence-corrected chi connectivity index (χ3v) is 2.18. The largest absolute Gasteiger partial charge is 0.393 e. The monoisotopic (exact) mass is 178 g/mol. The number of aliphatic hydroxyl groups is 4. The van der Waals surface area contributed by atoms with Gasteiger partial charge in [0.05, 0.1) is 6.10 Å². The molecule has 0 saturated carbocycles. The van der Waals surface area contributed by atoms with Crippen LogP contribution in [-0.4, -0.2) is 38.4 Å². The quantitative estimate of drug-likeness (QED) is 0.436. The molecular formula is C8H18O4. The Balaban J connectivity index is 4.47. The molecule has 12 heavy (non-hydrogen) atoms. The lowest BCUT2D eigenvalue weighted by Crippen LogP contribution is -2.51. The van der Waals surface area contributed by atoms with E-state index >= 15 is 0 Å². The van der Waals surface area contributed by atoms with Crippen LogP contribution >= 0.6 is 0 Å². The van der Waals surface area contributed by atoms with Crippen LogP contribution in [0.25, 0.3) is 0 Å². The van der Waals surface area contributed by atoms with Crippen molar-refractivity contribution < 1.29 is 20.4 Å². The maximum Gasteiger partial charge on any atom is 0.194 e. The Morgan fingerprint density at radius 2 is 1.58 bits per heavy atom. The Morgan fingerprint density at radius 1 is 1.17 bits per heavy atom. The average molecular weight is 178 g/mol. The van der Waals surface area contributed by atoms with E-state index in [2.05, 4.69) is 0 Å². The number of hydrogen-bond donors (Lipinski definition) is 4. The van der Waals surface area contributed by atoms with Crippen LogP contribution < -0.4 is 0 Å². The van der Waals surface area contributed by atoms with Crippen molar-refractivity contribution in [2.45, 2.75) is 45.2 Å². The fourth-order valence-electron chi connectivity index (χ4n) is 1.31. The normalized spacial score (nSPS) is 20.2. The van der Waals surface area contributed by atoms with Crippen LogP contribution in [0.15, 0.2) is 0 Å². The molecule has 0 rings (SSSR count). The van der Waals surface area contributed by atoms with Gasteiger partial charge in [0.2, 0.25) is 0 Å².